The summed E-state index contributed by atoms with van der Waals surface area (Å²) in [4.78, 5) is 13.3. The molecule has 0 spiro atoms. The van der Waals surface area contributed by atoms with Gasteiger partial charge in [-0.25, -0.2) is 0 Å². The molecule has 0 fully saturated rings. The van der Waals surface area contributed by atoms with Crippen molar-refractivity contribution in [2.75, 3.05) is 11.6 Å². The SMILES string of the molecule is CSc1cccc(NC(=O)C(C)Oc2cc(C)ccc2Cl)c1. The molecule has 22 heavy (non-hydrogen) atoms. The normalized spacial score (nSPS) is 11.8. The maximum Gasteiger partial charge on any atom is 0.265 e. The Bertz CT molecular complexity index is 675. The molecule has 1 atom stereocenters. The number of nitrogens with one attached hydrogen (secondary N) is 1. The van der Waals surface area contributed by atoms with Crippen LogP contribution in [0.3, 0.4) is 0 Å². The first-order valence-corrected chi connectivity index (χ1v) is 8.47. The molecule has 5 heteroatoms. The lowest BCUT2D eigenvalue weighted by atomic mass is 10.2. The van der Waals surface area contributed by atoms with Crippen LogP contribution in [0.25, 0.3) is 0 Å². The highest BCUT2D eigenvalue weighted by Gasteiger charge is 2.16. The second kappa shape index (κ2) is 7.56. The van der Waals surface area contributed by atoms with Gasteiger partial charge in [0.25, 0.3) is 5.91 Å². The first-order valence-electron chi connectivity index (χ1n) is 6.87. The van der Waals surface area contributed by atoms with Gasteiger partial charge < -0.3 is 10.1 Å². The summed E-state index contributed by atoms with van der Waals surface area (Å²) in [5.41, 5.74) is 1.78. The van der Waals surface area contributed by atoms with E-state index in [0.29, 0.717) is 10.8 Å². The number of hydrogen-bond donors (Lipinski definition) is 1. The zero-order valence-electron chi connectivity index (χ0n) is 12.7. The molecule has 3 nitrogen and oxygen atoms in total. The van der Waals surface area contributed by atoms with Gasteiger partial charge in [-0.15, -0.1) is 11.8 Å². The smallest absolute Gasteiger partial charge is 0.265 e. The lowest BCUT2D eigenvalue weighted by molar-refractivity contribution is -0.122. The Balaban J connectivity index is 2.04. The van der Waals surface area contributed by atoms with Gasteiger partial charge in [0.15, 0.2) is 6.10 Å². The highest BCUT2D eigenvalue weighted by atomic mass is 35.5. The monoisotopic (exact) mass is 335 g/mol. The van der Waals surface area contributed by atoms with E-state index in [4.69, 9.17) is 16.3 Å². The van der Waals surface area contributed by atoms with Crippen molar-refractivity contribution in [2.45, 2.75) is 24.8 Å². The largest absolute Gasteiger partial charge is 0.479 e. The Morgan fingerprint density at radius 1 is 1.27 bits per heavy atom. The standard InChI is InChI=1S/C17H18ClNO2S/c1-11-7-8-15(18)16(9-11)21-12(2)17(20)19-13-5-4-6-14(10-13)22-3/h4-10,12H,1-3H3,(H,19,20). The van der Waals surface area contributed by atoms with Gasteiger partial charge in [-0.2, -0.15) is 0 Å². The number of thioether (sulfide) groups is 1. The molecule has 1 amide bonds. The van der Waals surface area contributed by atoms with Crippen molar-refractivity contribution in [3.05, 3.63) is 53.1 Å². The Morgan fingerprint density at radius 3 is 2.77 bits per heavy atom. The van der Waals surface area contributed by atoms with Crippen molar-refractivity contribution in [1.82, 2.24) is 0 Å². The van der Waals surface area contributed by atoms with E-state index in [1.165, 1.54) is 0 Å². The number of anilines is 1. The van der Waals surface area contributed by atoms with Crippen molar-refractivity contribution >= 4 is 35.0 Å². The van der Waals surface area contributed by atoms with Crippen LogP contribution in [0.5, 0.6) is 5.75 Å². The highest BCUT2D eigenvalue weighted by Crippen LogP contribution is 2.26. The second-order valence-electron chi connectivity index (χ2n) is 4.92. The Morgan fingerprint density at radius 2 is 2.05 bits per heavy atom. The fourth-order valence-corrected chi connectivity index (χ4v) is 2.51. The highest BCUT2D eigenvalue weighted by molar-refractivity contribution is 7.98. The summed E-state index contributed by atoms with van der Waals surface area (Å²) in [7, 11) is 0. The number of halogens is 1. The van der Waals surface area contributed by atoms with E-state index in [1.807, 2.05) is 49.6 Å². The molecule has 116 valence electrons. The minimum Gasteiger partial charge on any atom is -0.479 e. The van der Waals surface area contributed by atoms with E-state index in [0.717, 1.165) is 16.1 Å². The quantitative estimate of drug-likeness (QED) is 0.799. The molecule has 0 saturated heterocycles. The van der Waals surface area contributed by atoms with Crippen LogP contribution in [-0.4, -0.2) is 18.3 Å². The van der Waals surface area contributed by atoms with Gasteiger partial charge in [-0.05, 0) is 56.0 Å². The fraction of sp³-hybridized carbons (Fsp3) is 0.235. The van der Waals surface area contributed by atoms with Gasteiger partial charge in [0, 0.05) is 10.6 Å². The molecule has 2 aromatic rings. The molecule has 2 aromatic carbocycles. The van der Waals surface area contributed by atoms with E-state index in [2.05, 4.69) is 5.32 Å². The van der Waals surface area contributed by atoms with Crippen molar-refractivity contribution in [1.29, 1.82) is 0 Å². The van der Waals surface area contributed by atoms with Gasteiger partial charge in [-0.1, -0.05) is 23.7 Å². The molecule has 1 unspecified atom stereocenters. The average Bonchev–Trinajstić information content (AvgIpc) is 2.51. The van der Waals surface area contributed by atoms with E-state index in [9.17, 15) is 4.79 Å². The maximum atomic E-state index is 12.2. The molecule has 0 aromatic heterocycles. The third-order valence-electron chi connectivity index (χ3n) is 3.10. The van der Waals surface area contributed by atoms with Crippen LogP contribution in [0, 0.1) is 6.92 Å². The first kappa shape index (κ1) is 16.7. The number of hydrogen-bond acceptors (Lipinski definition) is 3. The average molecular weight is 336 g/mol. The molecular weight excluding hydrogens is 318 g/mol. The zero-order valence-corrected chi connectivity index (χ0v) is 14.3. The number of carbonyl (C=O) groups is 1. The van der Waals surface area contributed by atoms with Crippen molar-refractivity contribution in [2.24, 2.45) is 0 Å². The molecule has 0 aliphatic carbocycles. The maximum absolute atomic E-state index is 12.2. The van der Waals surface area contributed by atoms with Crippen LogP contribution >= 0.6 is 23.4 Å². The summed E-state index contributed by atoms with van der Waals surface area (Å²) >= 11 is 7.71. The summed E-state index contributed by atoms with van der Waals surface area (Å²) in [6.45, 7) is 3.65. The number of amides is 1. The minimum atomic E-state index is -0.641. The number of carbonyl (C=O) groups excluding carboxylic acids is 1. The molecule has 2 rings (SSSR count). The Hall–Kier alpha value is -1.65. The van der Waals surface area contributed by atoms with Crippen LogP contribution in [0.1, 0.15) is 12.5 Å². The van der Waals surface area contributed by atoms with Crippen LogP contribution in [0.15, 0.2) is 47.4 Å². The molecule has 0 bridgehead atoms. The van der Waals surface area contributed by atoms with Gasteiger partial charge in [0.2, 0.25) is 0 Å². The van der Waals surface area contributed by atoms with Gasteiger partial charge >= 0.3 is 0 Å². The van der Waals surface area contributed by atoms with E-state index >= 15 is 0 Å². The van der Waals surface area contributed by atoms with E-state index in [1.54, 1.807) is 24.8 Å². The Kier molecular flexibility index (Phi) is 5.75. The minimum absolute atomic E-state index is 0.212. The van der Waals surface area contributed by atoms with Crippen LogP contribution in [0.4, 0.5) is 5.69 Å². The number of benzene rings is 2. The van der Waals surface area contributed by atoms with Crippen LogP contribution in [0.2, 0.25) is 5.02 Å². The van der Waals surface area contributed by atoms with Crippen LogP contribution in [-0.2, 0) is 4.79 Å². The van der Waals surface area contributed by atoms with Crippen molar-refractivity contribution in [3.63, 3.8) is 0 Å². The summed E-state index contributed by atoms with van der Waals surface area (Å²) < 4.78 is 5.67. The topological polar surface area (TPSA) is 38.3 Å². The lowest BCUT2D eigenvalue weighted by Crippen LogP contribution is -2.30. The molecule has 0 aliphatic heterocycles. The summed E-state index contributed by atoms with van der Waals surface area (Å²) in [5.74, 6) is 0.304. The predicted molar refractivity (Wildman–Crippen MR) is 93.1 cm³/mol. The van der Waals surface area contributed by atoms with E-state index in [-0.39, 0.29) is 5.91 Å². The molecule has 1 N–H and O–H groups in total. The Labute approximate surface area is 140 Å². The molecule has 0 saturated carbocycles. The summed E-state index contributed by atoms with van der Waals surface area (Å²) in [6.07, 6.45) is 1.35. The van der Waals surface area contributed by atoms with Gasteiger partial charge in [-0.3, -0.25) is 4.79 Å². The number of rotatable bonds is 5. The molecule has 0 aliphatic rings. The second-order valence-corrected chi connectivity index (χ2v) is 6.20. The first-order chi connectivity index (χ1) is 10.5. The molecular formula is C17H18ClNO2S. The van der Waals surface area contributed by atoms with Crippen molar-refractivity contribution in [3.8, 4) is 5.75 Å². The lowest BCUT2D eigenvalue weighted by Gasteiger charge is -2.16. The third kappa shape index (κ3) is 4.42. The number of ether oxygens (including phenoxy) is 1. The zero-order chi connectivity index (χ0) is 16.1. The summed E-state index contributed by atoms with van der Waals surface area (Å²) in [5, 5.41) is 3.35. The van der Waals surface area contributed by atoms with E-state index < -0.39 is 6.10 Å². The molecule has 0 heterocycles. The van der Waals surface area contributed by atoms with Gasteiger partial charge in [0.05, 0.1) is 5.02 Å². The van der Waals surface area contributed by atoms with Crippen LogP contribution < -0.4 is 10.1 Å². The predicted octanol–water partition coefficient (Wildman–Crippen LogP) is 4.78. The third-order valence-corrected chi connectivity index (χ3v) is 4.13. The van der Waals surface area contributed by atoms with Crippen molar-refractivity contribution < 1.29 is 9.53 Å². The van der Waals surface area contributed by atoms with Gasteiger partial charge in [0.1, 0.15) is 5.75 Å². The fourth-order valence-electron chi connectivity index (χ4n) is 1.89. The molecule has 0 radical (unpaired) electrons. The number of aryl methyl sites for hydroxylation is 1. The summed E-state index contributed by atoms with van der Waals surface area (Å²) in [6, 6.07) is 13.2.